The zero-order valence-electron chi connectivity index (χ0n) is 20.0. The second-order valence-corrected chi connectivity index (χ2v) is 9.89. The lowest BCUT2D eigenvalue weighted by molar-refractivity contribution is 0.0715. The third-order valence-corrected chi connectivity index (χ3v) is 7.48. The zero-order chi connectivity index (χ0) is 25.5. The molecule has 1 N–H and O–H groups in total. The number of benzene rings is 3. The predicted octanol–water partition coefficient (Wildman–Crippen LogP) is 5.97. The van der Waals surface area contributed by atoms with E-state index in [1.807, 2.05) is 29.8 Å². The Morgan fingerprint density at radius 1 is 0.973 bits per heavy atom. The number of aromatic nitrogens is 1. The summed E-state index contributed by atoms with van der Waals surface area (Å²) in [5.41, 5.74) is 3.47. The molecule has 187 valence electrons. The molecule has 37 heavy (non-hydrogen) atoms. The SMILES string of the molecule is O=C(Cn1cc(C(=O)N2CCC(N3[CH]Nc4ccccc43)CC2)c2ccc(Cl)cc21)c1ccccc1F. The molecule has 2 aliphatic rings. The number of carbonyl (C=O) groups is 2. The van der Waals surface area contributed by atoms with Gasteiger partial charge in [-0.2, -0.15) is 0 Å². The Morgan fingerprint density at radius 3 is 2.54 bits per heavy atom. The van der Waals surface area contributed by atoms with Gasteiger partial charge in [0.15, 0.2) is 5.78 Å². The maximum absolute atomic E-state index is 14.2. The molecule has 0 unspecified atom stereocenters. The summed E-state index contributed by atoms with van der Waals surface area (Å²) in [6.45, 7) is 3.18. The number of fused-ring (bicyclic) bond motifs is 2. The molecular formula is C29H25ClFN4O2. The van der Waals surface area contributed by atoms with E-state index in [4.69, 9.17) is 11.6 Å². The summed E-state index contributed by atoms with van der Waals surface area (Å²) < 4.78 is 15.9. The Labute approximate surface area is 219 Å². The fourth-order valence-corrected chi connectivity index (χ4v) is 5.51. The minimum absolute atomic E-state index is 0.0242. The fraction of sp³-hybridized carbons (Fsp3) is 0.207. The van der Waals surface area contributed by atoms with Crippen LogP contribution in [0.2, 0.25) is 5.02 Å². The first-order valence-electron chi connectivity index (χ1n) is 12.3. The molecule has 1 aromatic heterocycles. The molecule has 4 aromatic rings. The number of halogens is 2. The van der Waals surface area contributed by atoms with E-state index in [1.54, 1.807) is 35.0 Å². The van der Waals surface area contributed by atoms with Gasteiger partial charge < -0.3 is 19.7 Å². The zero-order valence-corrected chi connectivity index (χ0v) is 20.8. The third kappa shape index (κ3) is 4.33. The number of para-hydroxylation sites is 2. The highest BCUT2D eigenvalue weighted by atomic mass is 35.5. The Balaban J connectivity index is 1.22. The van der Waals surface area contributed by atoms with Crippen molar-refractivity contribution in [2.75, 3.05) is 23.3 Å². The first-order chi connectivity index (χ1) is 18.0. The smallest absolute Gasteiger partial charge is 0.256 e. The molecule has 6 nitrogen and oxygen atoms in total. The van der Waals surface area contributed by atoms with Crippen LogP contribution < -0.4 is 10.2 Å². The second kappa shape index (κ2) is 9.56. The number of piperidine rings is 1. The van der Waals surface area contributed by atoms with Crippen molar-refractivity contribution in [2.45, 2.75) is 25.4 Å². The number of nitrogens with zero attached hydrogens (tertiary/aromatic N) is 3. The molecule has 0 aliphatic carbocycles. The minimum Gasteiger partial charge on any atom is -0.360 e. The topological polar surface area (TPSA) is 57.6 Å². The molecule has 3 aromatic carbocycles. The molecule has 0 spiro atoms. The highest BCUT2D eigenvalue weighted by molar-refractivity contribution is 6.31. The molecular weight excluding hydrogens is 491 g/mol. The average Bonchev–Trinajstić information content (AvgIpc) is 3.50. The van der Waals surface area contributed by atoms with Gasteiger partial charge in [-0.05, 0) is 49.2 Å². The minimum atomic E-state index is -0.561. The van der Waals surface area contributed by atoms with Gasteiger partial charge >= 0.3 is 0 Å². The van der Waals surface area contributed by atoms with Gasteiger partial charge in [0.25, 0.3) is 5.91 Å². The molecule has 3 heterocycles. The summed E-state index contributed by atoms with van der Waals surface area (Å²) in [4.78, 5) is 30.7. The first kappa shape index (κ1) is 23.6. The van der Waals surface area contributed by atoms with Crippen LogP contribution in [-0.2, 0) is 6.54 Å². The Morgan fingerprint density at radius 2 is 1.73 bits per heavy atom. The standard InChI is InChI=1S/C29H25ClFN4O2/c30-19-9-10-21-23(16-34(27(21)15-19)17-28(36)22-5-1-2-6-24(22)31)29(37)33-13-11-20(12-14-33)35-18-32-25-7-3-4-8-26(25)35/h1-10,15-16,18,20,32H,11-14,17H2. The fourth-order valence-electron chi connectivity index (χ4n) is 5.34. The lowest BCUT2D eigenvalue weighted by Crippen LogP contribution is -2.45. The van der Waals surface area contributed by atoms with Crippen LogP contribution in [-0.4, -0.2) is 40.3 Å². The number of ketones is 1. The molecule has 8 heteroatoms. The Bertz CT molecular complexity index is 1510. The van der Waals surface area contributed by atoms with Crippen LogP contribution in [0.4, 0.5) is 15.8 Å². The lowest BCUT2D eigenvalue weighted by Gasteiger charge is -2.37. The van der Waals surface area contributed by atoms with Crippen LogP contribution in [0.25, 0.3) is 10.9 Å². The van der Waals surface area contributed by atoms with Crippen LogP contribution in [0.1, 0.15) is 33.6 Å². The number of nitrogens with one attached hydrogen (secondary N) is 1. The maximum atomic E-state index is 14.2. The van der Waals surface area contributed by atoms with Gasteiger partial charge in [-0.15, -0.1) is 0 Å². The van der Waals surface area contributed by atoms with Crippen molar-refractivity contribution in [3.63, 3.8) is 0 Å². The van der Waals surface area contributed by atoms with E-state index < -0.39 is 5.82 Å². The maximum Gasteiger partial charge on any atom is 0.256 e. The van der Waals surface area contributed by atoms with Crippen LogP contribution in [0.3, 0.4) is 0 Å². The monoisotopic (exact) mass is 515 g/mol. The van der Waals surface area contributed by atoms with E-state index in [0.717, 1.165) is 29.6 Å². The normalized spacial score (nSPS) is 15.6. The van der Waals surface area contributed by atoms with Crippen LogP contribution in [0.15, 0.2) is 72.9 Å². The third-order valence-electron chi connectivity index (χ3n) is 7.25. The van der Waals surface area contributed by atoms with Crippen LogP contribution in [0, 0.1) is 12.5 Å². The van der Waals surface area contributed by atoms with Gasteiger partial charge in [-0.3, -0.25) is 9.59 Å². The summed E-state index contributed by atoms with van der Waals surface area (Å²) in [5, 5.41) is 4.55. The molecule has 1 fully saturated rings. The van der Waals surface area contributed by atoms with Crippen molar-refractivity contribution in [3.05, 3.63) is 102 Å². The molecule has 6 rings (SSSR count). The number of Topliss-reactive ketones (excluding diaryl/α,β-unsaturated/α-hetero) is 1. The number of carbonyl (C=O) groups excluding carboxylic acids is 2. The first-order valence-corrected chi connectivity index (χ1v) is 12.7. The van der Waals surface area contributed by atoms with Gasteiger partial charge in [-0.1, -0.05) is 41.9 Å². The summed E-state index contributed by atoms with van der Waals surface area (Å²) in [5.74, 6) is -1.01. The summed E-state index contributed by atoms with van der Waals surface area (Å²) in [6, 6.07) is 19.7. The van der Waals surface area contributed by atoms with E-state index in [0.29, 0.717) is 35.2 Å². The van der Waals surface area contributed by atoms with E-state index in [2.05, 4.69) is 22.3 Å². The summed E-state index contributed by atoms with van der Waals surface area (Å²) in [7, 11) is 0. The molecule has 2 aliphatic heterocycles. The number of amides is 1. The van der Waals surface area contributed by atoms with E-state index >= 15 is 0 Å². The van der Waals surface area contributed by atoms with Crippen molar-refractivity contribution in [2.24, 2.45) is 0 Å². The van der Waals surface area contributed by atoms with Crippen molar-refractivity contribution < 1.29 is 14.0 Å². The molecule has 1 amide bonds. The van der Waals surface area contributed by atoms with Gasteiger partial charge in [-0.25, -0.2) is 4.39 Å². The molecule has 1 radical (unpaired) electrons. The van der Waals surface area contributed by atoms with E-state index in [9.17, 15) is 14.0 Å². The Hall–Kier alpha value is -3.84. The van der Waals surface area contributed by atoms with Gasteiger partial charge in [0, 0.05) is 35.7 Å². The number of rotatable bonds is 5. The number of hydrogen-bond acceptors (Lipinski definition) is 4. The van der Waals surface area contributed by atoms with Crippen molar-refractivity contribution in [3.8, 4) is 0 Å². The van der Waals surface area contributed by atoms with Crippen LogP contribution in [0.5, 0.6) is 0 Å². The lowest BCUT2D eigenvalue weighted by atomic mass is 10.0. The van der Waals surface area contributed by atoms with E-state index in [-0.39, 0.29) is 23.8 Å². The van der Waals surface area contributed by atoms with Gasteiger partial charge in [0.05, 0.1) is 34.6 Å². The predicted molar refractivity (Wildman–Crippen MR) is 143 cm³/mol. The van der Waals surface area contributed by atoms with Gasteiger partial charge in [0.2, 0.25) is 0 Å². The van der Waals surface area contributed by atoms with Crippen molar-refractivity contribution in [1.82, 2.24) is 9.47 Å². The quantitative estimate of drug-likeness (QED) is 0.333. The number of anilines is 2. The highest BCUT2D eigenvalue weighted by Gasteiger charge is 2.32. The molecule has 1 saturated heterocycles. The molecule has 0 saturated carbocycles. The largest absolute Gasteiger partial charge is 0.360 e. The second-order valence-electron chi connectivity index (χ2n) is 9.46. The summed E-state index contributed by atoms with van der Waals surface area (Å²) >= 11 is 6.25. The van der Waals surface area contributed by atoms with Gasteiger partial charge in [0.1, 0.15) is 12.5 Å². The molecule has 0 atom stereocenters. The van der Waals surface area contributed by atoms with Crippen molar-refractivity contribution in [1.29, 1.82) is 0 Å². The van der Waals surface area contributed by atoms with Crippen LogP contribution >= 0.6 is 11.6 Å². The molecule has 0 bridgehead atoms. The van der Waals surface area contributed by atoms with Crippen molar-refractivity contribution >= 4 is 45.6 Å². The Kier molecular flexibility index (Phi) is 6.08. The highest BCUT2D eigenvalue weighted by Crippen LogP contribution is 2.36. The van der Waals surface area contributed by atoms with E-state index in [1.165, 1.54) is 12.1 Å². The number of hydrogen-bond donors (Lipinski definition) is 1. The summed E-state index contributed by atoms with van der Waals surface area (Å²) in [6.07, 6.45) is 3.38. The average molecular weight is 516 g/mol. The number of likely N-dealkylation sites (tertiary alicyclic amines) is 1.